The molecule has 2 N–H and O–H groups in total. The second-order valence-corrected chi connectivity index (χ2v) is 4.33. The van der Waals surface area contributed by atoms with Gasteiger partial charge < -0.3 is 15.3 Å². The number of benzene rings is 1. The fourth-order valence-electron chi connectivity index (χ4n) is 1.96. The highest BCUT2D eigenvalue weighted by Crippen LogP contribution is 2.32. The Hall–Kier alpha value is -2.64. The molecular weight excluding hydrogens is 278 g/mol. The molecule has 0 spiro atoms. The van der Waals surface area contributed by atoms with Crippen LogP contribution in [0.2, 0.25) is 0 Å². The van der Waals surface area contributed by atoms with Gasteiger partial charge in [-0.05, 0) is 18.6 Å². The van der Waals surface area contributed by atoms with Crippen molar-refractivity contribution < 1.29 is 19.6 Å². The third kappa shape index (κ3) is 3.91. The van der Waals surface area contributed by atoms with Crippen LogP contribution in [0.1, 0.15) is 23.7 Å². The number of carbonyl (C=O) groups excluding carboxylic acids is 1. The van der Waals surface area contributed by atoms with Crippen molar-refractivity contribution >= 4 is 23.3 Å². The molecule has 0 fully saturated rings. The van der Waals surface area contributed by atoms with Gasteiger partial charge in [0.1, 0.15) is 11.3 Å². The Morgan fingerprint density at radius 3 is 2.57 bits per heavy atom. The predicted molar refractivity (Wildman–Crippen MR) is 76.6 cm³/mol. The molecule has 8 nitrogen and oxygen atoms in total. The molecule has 1 amide bonds. The maximum Gasteiger partial charge on any atom is 0.342 e. The van der Waals surface area contributed by atoms with Crippen LogP contribution < -0.4 is 10.2 Å². The summed E-state index contributed by atoms with van der Waals surface area (Å²) in [4.78, 5) is 34.7. The molecule has 0 aliphatic rings. The highest BCUT2D eigenvalue weighted by atomic mass is 16.6. The smallest absolute Gasteiger partial charge is 0.342 e. The van der Waals surface area contributed by atoms with E-state index in [4.69, 9.17) is 5.11 Å². The van der Waals surface area contributed by atoms with Crippen molar-refractivity contribution in [2.45, 2.75) is 13.3 Å². The summed E-state index contributed by atoms with van der Waals surface area (Å²) in [5, 5.41) is 22.7. The molecule has 114 valence electrons. The van der Waals surface area contributed by atoms with E-state index >= 15 is 0 Å². The molecule has 0 aromatic heterocycles. The summed E-state index contributed by atoms with van der Waals surface area (Å²) in [6, 6.07) is 4.05. The number of nitrogens with zero attached hydrogens (tertiary/aromatic N) is 2. The number of aromatic carboxylic acids is 1. The number of carboxylic acid groups (broad SMARTS) is 1. The van der Waals surface area contributed by atoms with Gasteiger partial charge in [-0.1, -0.05) is 13.0 Å². The summed E-state index contributed by atoms with van der Waals surface area (Å²) in [7, 11) is 1.47. The lowest BCUT2D eigenvalue weighted by Crippen LogP contribution is -2.36. The maximum atomic E-state index is 11.5. The van der Waals surface area contributed by atoms with Crippen LogP contribution in [0.25, 0.3) is 0 Å². The van der Waals surface area contributed by atoms with E-state index in [9.17, 15) is 19.7 Å². The van der Waals surface area contributed by atoms with Crippen molar-refractivity contribution in [3.8, 4) is 0 Å². The number of hydrogen-bond donors (Lipinski definition) is 2. The summed E-state index contributed by atoms with van der Waals surface area (Å²) >= 11 is 0. The van der Waals surface area contributed by atoms with Crippen LogP contribution in [0.3, 0.4) is 0 Å². The SMILES string of the molecule is CCCN(CC(=O)NC)c1cccc(C(=O)O)c1[N+](=O)[O-]. The second-order valence-electron chi connectivity index (χ2n) is 4.33. The summed E-state index contributed by atoms with van der Waals surface area (Å²) < 4.78 is 0. The third-order valence-corrected chi connectivity index (χ3v) is 2.88. The Morgan fingerprint density at radius 1 is 1.43 bits per heavy atom. The lowest BCUT2D eigenvalue weighted by molar-refractivity contribution is -0.384. The Balaban J connectivity index is 3.36. The molecule has 0 aliphatic heterocycles. The zero-order chi connectivity index (χ0) is 16.0. The van der Waals surface area contributed by atoms with Gasteiger partial charge in [0.25, 0.3) is 0 Å². The lowest BCUT2D eigenvalue weighted by atomic mass is 10.1. The van der Waals surface area contributed by atoms with Gasteiger partial charge in [0.15, 0.2) is 0 Å². The molecule has 0 atom stereocenters. The van der Waals surface area contributed by atoms with E-state index in [0.717, 1.165) is 0 Å². The maximum absolute atomic E-state index is 11.5. The van der Waals surface area contributed by atoms with Crippen molar-refractivity contribution in [1.29, 1.82) is 0 Å². The van der Waals surface area contributed by atoms with Gasteiger partial charge in [-0.2, -0.15) is 0 Å². The average Bonchev–Trinajstić information content (AvgIpc) is 2.45. The normalized spacial score (nSPS) is 10.0. The van der Waals surface area contributed by atoms with Crippen LogP contribution in [-0.2, 0) is 4.79 Å². The largest absolute Gasteiger partial charge is 0.477 e. The molecule has 0 radical (unpaired) electrons. The molecule has 0 bridgehead atoms. The van der Waals surface area contributed by atoms with Crippen molar-refractivity contribution in [3.05, 3.63) is 33.9 Å². The molecule has 0 aliphatic carbocycles. The standard InChI is InChI=1S/C13H17N3O5/c1-3-7-15(8-11(17)14-2)10-6-4-5-9(13(18)19)12(10)16(20)21/h4-6H,3,7-8H2,1-2H3,(H,14,17)(H,18,19). The van der Waals surface area contributed by atoms with Crippen LogP contribution in [-0.4, -0.2) is 42.0 Å². The first-order valence-electron chi connectivity index (χ1n) is 6.38. The minimum atomic E-state index is -1.38. The molecule has 1 aromatic carbocycles. The molecule has 0 unspecified atom stereocenters. The quantitative estimate of drug-likeness (QED) is 0.578. The molecule has 1 rings (SSSR count). The van der Waals surface area contributed by atoms with Crippen molar-refractivity contribution in [2.24, 2.45) is 0 Å². The highest BCUT2D eigenvalue weighted by Gasteiger charge is 2.27. The number of nitro groups is 1. The summed E-state index contributed by atoms with van der Waals surface area (Å²) in [6.45, 7) is 2.19. The zero-order valence-electron chi connectivity index (χ0n) is 11.8. The van der Waals surface area contributed by atoms with E-state index in [2.05, 4.69) is 5.32 Å². The number of nitrogens with one attached hydrogen (secondary N) is 1. The van der Waals surface area contributed by atoms with Gasteiger partial charge in [-0.3, -0.25) is 14.9 Å². The molecular formula is C13H17N3O5. The van der Waals surface area contributed by atoms with Crippen LogP contribution in [0.4, 0.5) is 11.4 Å². The molecule has 0 saturated heterocycles. The number of rotatable bonds is 7. The van der Waals surface area contributed by atoms with E-state index in [-0.39, 0.29) is 18.1 Å². The van der Waals surface area contributed by atoms with Gasteiger partial charge in [0.05, 0.1) is 11.5 Å². The molecule has 1 aromatic rings. The fourth-order valence-corrected chi connectivity index (χ4v) is 1.96. The van der Waals surface area contributed by atoms with Crippen molar-refractivity contribution in [1.82, 2.24) is 5.32 Å². The minimum absolute atomic E-state index is 0.0751. The van der Waals surface area contributed by atoms with Gasteiger partial charge in [0.2, 0.25) is 5.91 Å². The Bertz CT molecular complexity index is 559. The monoisotopic (exact) mass is 295 g/mol. The number of carbonyl (C=O) groups is 2. The van der Waals surface area contributed by atoms with Crippen LogP contribution in [0, 0.1) is 10.1 Å². The Kier molecular flexibility index (Phi) is 5.65. The van der Waals surface area contributed by atoms with Gasteiger partial charge in [-0.15, -0.1) is 0 Å². The first kappa shape index (κ1) is 16.4. The zero-order valence-corrected chi connectivity index (χ0v) is 11.8. The Morgan fingerprint density at radius 2 is 2.10 bits per heavy atom. The first-order valence-corrected chi connectivity index (χ1v) is 6.38. The molecule has 0 heterocycles. The first-order chi connectivity index (χ1) is 9.92. The number of anilines is 1. The van der Waals surface area contributed by atoms with E-state index in [1.165, 1.54) is 30.1 Å². The number of carboxylic acids is 1. The topological polar surface area (TPSA) is 113 Å². The fraction of sp³-hybridized carbons (Fsp3) is 0.385. The van der Waals surface area contributed by atoms with Crippen molar-refractivity contribution in [3.63, 3.8) is 0 Å². The Labute approximate surface area is 121 Å². The minimum Gasteiger partial charge on any atom is -0.477 e. The number of para-hydroxylation sites is 1. The van der Waals surface area contributed by atoms with Crippen LogP contribution in [0.15, 0.2) is 18.2 Å². The molecule has 21 heavy (non-hydrogen) atoms. The van der Waals surface area contributed by atoms with E-state index < -0.39 is 22.1 Å². The van der Waals surface area contributed by atoms with Crippen LogP contribution >= 0.6 is 0 Å². The number of amides is 1. The van der Waals surface area contributed by atoms with Gasteiger partial charge in [0, 0.05) is 13.6 Å². The summed E-state index contributed by atoms with van der Waals surface area (Å²) in [6.07, 6.45) is 0.658. The predicted octanol–water partition coefficient (Wildman–Crippen LogP) is 1.26. The molecule has 8 heteroatoms. The van der Waals surface area contributed by atoms with Crippen molar-refractivity contribution in [2.75, 3.05) is 25.0 Å². The lowest BCUT2D eigenvalue weighted by Gasteiger charge is -2.23. The number of nitro benzene ring substituents is 1. The second kappa shape index (κ2) is 7.22. The number of hydrogen-bond acceptors (Lipinski definition) is 5. The van der Waals surface area contributed by atoms with Gasteiger partial charge >= 0.3 is 11.7 Å². The average molecular weight is 295 g/mol. The van der Waals surface area contributed by atoms with Crippen LogP contribution in [0.5, 0.6) is 0 Å². The van der Waals surface area contributed by atoms with E-state index in [1.807, 2.05) is 6.92 Å². The van der Waals surface area contributed by atoms with E-state index in [0.29, 0.717) is 13.0 Å². The summed E-state index contributed by atoms with van der Waals surface area (Å²) in [5.74, 6) is -1.68. The van der Waals surface area contributed by atoms with Gasteiger partial charge in [-0.25, -0.2) is 4.79 Å². The van der Waals surface area contributed by atoms with E-state index in [1.54, 1.807) is 0 Å². The summed E-state index contributed by atoms with van der Waals surface area (Å²) in [5.41, 5.74) is -0.761. The number of likely N-dealkylation sites (N-methyl/N-ethyl adjacent to an activating group) is 1. The third-order valence-electron chi connectivity index (χ3n) is 2.88. The highest BCUT2D eigenvalue weighted by molar-refractivity contribution is 5.96. The molecule has 0 saturated carbocycles.